The lowest BCUT2D eigenvalue weighted by Crippen LogP contribution is -2.18. The smallest absolute Gasteiger partial charge is 0.131 e. The second kappa shape index (κ2) is 7.56. The predicted molar refractivity (Wildman–Crippen MR) is 76.5 cm³/mol. The van der Waals surface area contributed by atoms with Gasteiger partial charge in [-0.3, -0.25) is 0 Å². The number of methoxy groups -OCH3 is 1. The van der Waals surface area contributed by atoms with Crippen LogP contribution in [0.5, 0.6) is 11.5 Å². The Morgan fingerprint density at radius 2 is 1.68 bits per heavy atom. The first-order chi connectivity index (χ1) is 9.40. The topological polar surface area (TPSA) is 30.5 Å². The van der Waals surface area contributed by atoms with Gasteiger partial charge in [-0.15, -0.1) is 0 Å². The van der Waals surface area contributed by atoms with Crippen molar-refractivity contribution in [2.24, 2.45) is 0 Å². The maximum Gasteiger partial charge on any atom is 0.131 e. The number of ether oxygens (including phenoxy) is 2. The van der Waals surface area contributed by atoms with E-state index in [-0.39, 0.29) is 0 Å². The predicted octanol–water partition coefficient (Wildman–Crippen LogP) is 3.21. The monoisotopic (exact) mass is 257 g/mol. The van der Waals surface area contributed by atoms with Crippen LogP contribution in [0.2, 0.25) is 0 Å². The van der Waals surface area contributed by atoms with Gasteiger partial charge in [-0.05, 0) is 18.2 Å². The van der Waals surface area contributed by atoms with Gasteiger partial charge in [0.1, 0.15) is 11.5 Å². The van der Waals surface area contributed by atoms with Gasteiger partial charge < -0.3 is 14.8 Å². The van der Waals surface area contributed by atoms with Crippen LogP contribution in [0.3, 0.4) is 0 Å². The maximum absolute atomic E-state index is 5.90. The van der Waals surface area contributed by atoms with Gasteiger partial charge >= 0.3 is 0 Å². The van der Waals surface area contributed by atoms with Gasteiger partial charge in [0.25, 0.3) is 0 Å². The molecule has 0 bridgehead atoms. The van der Waals surface area contributed by atoms with Crippen LogP contribution in [0.25, 0.3) is 0 Å². The van der Waals surface area contributed by atoms with Crippen molar-refractivity contribution in [3.63, 3.8) is 0 Å². The zero-order valence-corrected chi connectivity index (χ0v) is 11.1. The molecule has 0 spiro atoms. The second-order valence-corrected chi connectivity index (χ2v) is 4.19. The molecular formula is C16H19NO2. The Bertz CT molecular complexity index is 485. The molecule has 1 N–H and O–H groups in total. The van der Waals surface area contributed by atoms with Crippen molar-refractivity contribution in [1.82, 2.24) is 5.32 Å². The summed E-state index contributed by atoms with van der Waals surface area (Å²) in [5.74, 6) is 1.74. The van der Waals surface area contributed by atoms with Crippen molar-refractivity contribution in [2.75, 3.05) is 20.3 Å². The minimum atomic E-state index is 0.710. The molecule has 19 heavy (non-hydrogen) atoms. The summed E-state index contributed by atoms with van der Waals surface area (Å²) in [5.41, 5.74) is 1.14. The highest BCUT2D eigenvalue weighted by Crippen LogP contribution is 2.24. The highest BCUT2D eigenvalue weighted by Gasteiger charge is 2.03. The Morgan fingerprint density at radius 3 is 2.47 bits per heavy atom. The van der Waals surface area contributed by atoms with Crippen molar-refractivity contribution in [3.8, 4) is 11.5 Å². The molecule has 2 aromatic carbocycles. The van der Waals surface area contributed by atoms with E-state index in [4.69, 9.17) is 9.47 Å². The number of hydrogen-bond donors (Lipinski definition) is 1. The average Bonchev–Trinajstić information content (AvgIpc) is 2.46. The minimum Gasteiger partial charge on any atom is -0.457 e. The van der Waals surface area contributed by atoms with Crippen molar-refractivity contribution >= 4 is 0 Å². The molecule has 2 rings (SSSR count). The van der Waals surface area contributed by atoms with Crippen LogP contribution in [0.1, 0.15) is 5.56 Å². The fraction of sp³-hybridized carbons (Fsp3) is 0.250. The normalized spacial score (nSPS) is 10.4. The van der Waals surface area contributed by atoms with Gasteiger partial charge in [0.2, 0.25) is 0 Å². The lowest BCUT2D eigenvalue weighted by atomic mass is 10.2. The number of para-hydroxylation sites is 2. The van der Waals surface area contributed by atoms with Crippen LogP contribution >= 0.6 is 0 Å². The first-order valence-electron chi connectivity index (χ1n) is 6.40. The maximum atomic E-state index is 5.90. The summed E-state index contributed by atoms with van der Waals surface area (Å²) >= 11 is 0. The van der Waals surface area contributed by atoms with E-state index in [0.29, 0.717) is 6.61 Å². The molecule has 0 unspecified atom stereocenters. The van der Waals surface area contributed by atoms with Crippen LogP contribution in [0, 0.1) is 0 Å². The third-order valence-electron chi connectivity index (χ3n) is 2.74. The van der Waals surface area contributed by atoms with Crippen LogP contribution in [0.4, 0.5) is 0 Å². The van der Waals surface area contributed by atoms with Crippen molar-refractivity contribution in [1.29, 1.82) is 0 Å². The molecule has 0 aliphatic carbocycles. The fourth-order valence-electron chi connectivity index (χ4n) is 1.76. The molecule has 0 fully saturated rings. The highest BCUT2D eigenvalue weighted by atomic mass is 16.5. The first-order valence-corrected chi connectivity index (χ1v) is 6.40. The summed E-state index contributed by atoms with van der Waals surface area (Å²) < 4.78 is 10.9. The van der Waals surface area contributed by atoms with E-state index >= 15 is 0 Å². The third kappa shape index (κ3) is 4.39. The van der Waals surface area contributed by atoms with E-state index in [1.807, 2.05) is 48.5 Å². The zero-order chi connectivity index (χ0) is 13.3. The summed E-state index contributed by atoms with van der Waals surface area (Å²) in [7, 11) is 1.70. The summed E-state index contributed by atoms with van der Waals surface area (Å²) in [6, 6.07) is 17.9. The lowest BCUT2D eigenvalue weighted by molar-refractivity contribution is 0.199. The number of nitrogens with one attached hydrogen (secondary N) is 1. The Morgan fingerprint density at radius 1 is 0.947 bits per heavy atom. The van der Waals surface area contributed by atoms with E-state index < -0.39 is 0 Å². The van der Waals surface area contributed by atoms with Crippen LogP contribution in [0.15, 0.2) is 54.6 Å². The van der Waals surface area contributed by atoms with E-state index in [9.17, 15) is 0 Å². The average molecular weight is 257 g/mol. The standard InChI is InChI=1S/C16H19NO2/c1-18-12-11-17-13-14-7-5-6-10-16(14)19-15-8-3-2-4-9-15/h2-10,17H,11-13H2,1H3. The number of rotatable bonds is 7. The highest BCUT2D eigenvalue weighted by molar-refractivity contribution is 5.37. The largest absolute Gasteiger partial charge is 0.457 e. The van der Waals surface area contributed by atoms with E-state index in [1.165, 1.54) is 0 Å². The van der Waals surface area contributed by atoms with Crippen LogP contribution in [-0.2, 0) is 11.3 Å². The molecule has 0 aliphatic rings. The SMILES string of the molecule is COCCNCc1ccccc1Oc1ccccc1. The third-order valence-corrected chi connectivity index (χ3v) is 2.74. The molecule has 2 aromatic rings. The molecule has 0 aliphatic heterocycles. The van der Waals surface area contributed by atoms with Gasteiger partial charge in [0.05, 0.1) is 6.61 Å². The lowest BCUT2D eigenvalue weighted by Gasteiger charge is -2.11. The van der Waals surface area contributed by atoms with Gasteiger partial charge in [0, 0.05) is 25.8 Å². The van der Waals surface area contributed by atoms with E-state index in [1.54, 1.807) is 7.11 Å². The second-order valence-electron chi connectivity index (χ2n) is 4.19. The Hall–Kier alpha value is -1.84. The van der Waals surface area contributed by atoms with Crippen LogP contribution in [-0.4, -0.2) is 20.3 Å². The molecule has 3 nitrogen and oxygen atoms in total. The van der Waals surface area contributed by atoms with Gasteiger partial charge in [-0.1, -0.05) is 36.4 Å². The zero-order valence-electron chi connectivity index (χ0n) is 11.1. The van der Waals surface area contributed by atoms with E-state index in [0.717, 1.165) is 30.2 Å². The minimum absolute atomic E-state index is 0.710. The molecule has 0 saturated heterocycles. The van der Waals surface area contributed by atoms with Gasteiger partial charge in [-0.2, -0.15) is 0 Å². The van der Waals surface area contributed by atoms with Crippen LogP contribution < -0.4 is 10.1 Å². The van der Waals surface area contributed by atoms with Crippen molar-refractivity contribution < 1.29 is 9.47 Å². The Kier molecular flexibility index (Phi) is 5.41. The Balaban J connectivity index is 2.00. The van der Waals surface area contributed by atoms with E-state index in [2.05, 4.69) is 11.4 Å². The molecule has 0 heterocycles. The summed E-state index contributed by atoms with van der Waals surface area (Å²) in [4.78, 5) is 0. The fourth-order valence-corrected chi connectivity index (χ4v) is 1.76. The van der Waals surface area contributed by atoms with Crippen molar-refractivity contribution in [3.05, 3.63) is 60.2 Å². The molecule has 0 aromatic heterocycles. The van der Waals surface area contributed by atoms with Gasteiger partial charge in [0.15, 0.2) is 0 Å². The van der Waals surface area contributed by atoms with Crippen molar-refractivity contribution in [2.45, 2.75) is 6.54 Å². The molecule has 100 valence electrons. The first kappa shape index (κ1) is 13.6. The molecule has 0 amide bonds. The molecule has 3 heteroatoms. The van der Waals surface area contributed by atoms with Gasteiger partial charge in [-0.25, -0.2) is 0 Å². The molecule has 0 atom stereocenters. The molecular weight excluding hydrogens is 238 g/mol. The number of benzene rings is 2. The molecule has 0 saturated carbocycles. The quantitative estimate of drug-likeness (QED) is 0.773. The molecule has 0 radical (unpaired) electrons. The summed E-state index contributed by atoms with van der Waals surface area (Å²) in [6.07, 6.45) is 0. The summed E-state index contributed by atoms with van der Waals surface area (Å²) in [5, 5.41) is 3.32. The Labute approximate surface area is 114 Å². The summed E-state index contributed by atoms with van der Waals surface area (Å²) in [6.45, 7) is 2.31. The number of hydrogen-bond acceptors (Lipinski definition) is 3.